The molecule has 0 saturated heterocycles. The number of anilines is 1. The zero-order valence-electron chi connectivity index (χ0n) is 11.5. The average molecular weight is 283 g/mol. The standard InChI is InChI=1S/C13H18FN3O3/c1-9-3-4-11(10(14)7-9)16-8-12(18)17-13(19)15-5-6-20-2/h3-4,7,16H,5-6,8H2,1-2H3,(H2,15,17,18,19). The van der Waals surface area contributed by atoms with Crippen LogP contribution in [0.2, 0.25) is 0 Å². The second-order valence-corrected chi connectivity index (χ2v) is 4.13. The van der Waals surface area contributed by atoms with Crippen LogP contribution in [0.1, 0.15) is 5.56 Å². The molecule has 3 N–H and O–H groups in total. The monoisotopic (exact) mass is 283 g/mol. The quantitative estimate of drug-likeness (QED) is 0.681. The van der Waals surface area contributed by atoms with Gasteiger partial charge in [-0.15, -0.1) is 0 Å². The normalized spacial score (nSPS) is 9.95. The molecule has 0 heterocycles. The second kappa shape index (κ2) is 8.11. The molecule has 0 aliphatic heterocycles. The van der Waals surface area contributed by atoms with Crippen molar-refractivity contribution in [3.63, 3.8) is 0 Å². The van der Waals surface area contributed by atoms with E-state index in [0.29, 0.717) is 13.2 Å². The van der Waals surface area contributed by atoms with Crippen molar-refractivity contribution >= 4 is 17.6 Å². The number of benzene rings is 1. The summed E-state index contributed by atoms with van der Waals surface area (Å²) in [5.41, 5.74) is 1.00. The van der Waals surface area contributed by atoms with E-state index in [1.165, 1.54) is 19.2 Å². The summed E-state index contributed by atoms with van der Waals surface area (Å²) in [5.74, 6) is -0.998. The van der Waals surface area contributed by atoms with Gasteiger partial charge in [0.25, 0.3) is 0 Å². The van der Waals surface area contributed by atoms with Crippen LogP contribution < -0.4 is 16.0 Å². The zero-order chi connectivity index (χ0) is 15.0. The molecular formula is C13H18FN3O3. The Morgan fingerprint density at radius 2 is 2.10 bits per heavy atom. The predicted octanol–water partition coefficient (Wildman–Crippen LogP) is 1.02. The van der Waals surface area contributed by atoms with Crippen LogP contribution in [0.25, 0.3) is 0 Å². The SMILES string of the molecule is COCCNC(=O)NC(=O)CNc1ccc(C)cc1F. The number of hydrogen-bond acceptors (Lipinski definition) is 4. The first-order chi connectivity index (χ1) is 9.52. The number of halogens is 1. The number of ether oxygens (including phenoxy) is 1. The van der Waals surface area contributed by atoms with E-state index < -0.39 is 17.8 Å². The van der Waals surface area contributed by atoms with Crippen LogP contribution in [0.15, 0.2) is 18.2 Å². The molecule has 3 amide bonds. The van der Waals surface area contributed by atoms with Gasteiger partial charge in [-0.1, -0.05) is 6.07 Å². The Hall–Kier alpha value is -2.15. The van der Waals surface area contributed by atoms with Crippen molar-refractivity contribution in [3.05, 3.63) is 29.6 Å². The summed E-state index contributed by atoms with van der Waals surface area (Å²) < 4.78 is 18.2. The van der Waals surface area contributed by atoms with Crippen molar-refractivity contribution in [3.8, 4) is 0 Å². The highest BCUT2D eigenvalue weighted by Crippen LogP contribution is 2.14. The highest BCUT2D eigenvalue weighted by atomic mass is 19.1. The van der Waals surface area contributed by atoms with Crippen LogP contribution in [-0.2, 0) is 9.53 Å². The molecule has 0 bridgehead atoms. The van der Waals surface area contributed by atoms with Crippen molar-refractivity contribution < 1.29 is 18.7 Å². The summed E-state index contributed by atoms with van der Waals surface area (Å²) in [7, 11) is 1.50. The van der Waals surface area contributed by atoms with E-state index in [2.05, 4.69) is 16.0 Å². The number of aryl methyl sites for hydroxylation is 1. The summed E-state index contributed by atoms with van der Waals surface area (Å²) in [6, 6.07) is 4.01. The first-order valence-corrected chi connectivity index (χ1v) is 6.09. The van der Waals surface area contributed by atoms with Crippen molar-refractivity contribution in [2.24, 2.45) is 0 Å². The van der Waals surface area contributed by atoms with Gasteiger partial charge in [-0.05, 0) is 24.6 Å². The van der Waals surface area contributed by atoms with Crippen molar-refractivity contribution in [1.29, 1.82) is 0 Å². The Balaban J connectivity index is 2.34. The molecule has 0 aromatic heterocycles. The lowest BCUT2D eigenvalue weighted by Gasteiger charge is -2.09. The van der Waals surface area contributed by atoms with Gasteiger partial charge in [0, 0.05) is 13.7 Å². The highest BCUT2D eigenvalue weighted by Gasteiger charge is 2.08. The smallest absolute Gasteiger partial charge is 0.321 e. The van der Waals surface area contributed by atoms with E-state index in [9.17, 15) is 14.0 Å². The fraction of sp³-hybridized carbons (Fsp3) is 0.385. The summed E-state index contributed by atoms with van der Waals surface area (Å²) in [6.45, 7) is 2.23. The number of carbonyl (C=O) groups is 2. The van der Waals surface area contributed by atoms with Gasteiger partial charge in [-0.3, -0.25) is 10.1 Å². The van der Waals surface area contributed by atoms with Gasteiger partial charge >= 0.3 is 6.03 Å². The number of methoxy groups -OCH3 is 1. The number of imide groups is 1. The maximum Gasteiger partial charge on any atom is 0.321 e. The molecule has 0 aliphatic rings. The molecule has 6 nitrogen and oxygen atoms in total. The summed E-state index contributed by atoms with van der Waals surface area (Å²) >= 11 is 0. The fourth-order valence-corrected chi connectivity index (χ4v) is 1.42. The highest BCUT2D eigenvalue weighted by molar-refractivity contribution is 5.96. The van der Waals surface area contributed by atoms with E-state index in [4.69, 9.17) is 4.74 Å². The predicted molar refractivity (Wildman–Crippen MR) is 73.0 cm³/mol. The molecule has 110 valence electrons. The molecule has 0 aliphatic carbocycles. The lowest BCUT2D eigenvalue weighted by atomic mass is 10.2. The minimum absolute atomic E-state index is 0.197. The molecule has 0 atom stereocenters. The minimum atomic E-state index is -0.613. The zero-order valence-corrected chi connectivity index (χ0v) is 11.5. The largest absolute Gasteiger partial charge is 0.383 e. The van der Waals surface area contributed by atoms with Crippen molar-refractivity contribution in [1.82, 2.24) is 10.6 Å². The molecule has 20 heavy (non-hydrogen) atoms. The van der Waals surface area contributed by atoms with E-state index in [1.54, 1.807) is 13.0 Å². The average Bonchev–Trinajstić information content (AvgIpc) is 2.38. The molecule has 1 aromatic carbocycles. The molecule has 7 heteroatoms. The summed E-state index contributed by atoms with van der Waals surface area (Å²) in [4.78, 5) is 22.7. The fourth-order valence-electron chi connectivity index (χ4n) is 1.42. The Bertz CT molecular complexity index is 480. The number of urea groups is 1. The first kappa shape index (κ1) is 15.9. The molecule has 1 rings (SSSR count). The number of amides is 3. The van der Waals surface area contributed by atoms with Crippen LogP contribution in [-0.4, -0.2) is 38.7 Å². The molecular weight excluding hydrogens is 265 g/mol. The Morgan fingerprint density at radius 3 is 2.75 bits per heavy atom. The maximum atomic E-state index is 13.5. The third-order valence-electron chi connectivity index (χ3n) is 2.41. The lowest BCUT2D eigenvalue weighted by molar-refractivity contribution is -0.118. The van der Waals surface area contributed by atoms with Gasteiger partial charge in [-0.2, -0.15) is 0 Å². The molecule has 0 saturated carbocycles. The lowest BCUT2D eigenvalue weighted by Crippen LogP contribution is -2.43. The van der Waals surface area contributed by atoms with Crippen molar-refractivity contribution in [2.75, 3.05) is 32.1 Å². The van der Waals surface area contributed by atoms with Gasteiger partial charge in [0.2, 0.25) is 5.91 Å². The van der Waals surface area contributed by atoms with Gasteiger partial charge in [0.05, 0.1) is 18.8 Å². The molecule has 0 radical (unpaired) electrons. The Morgan fingerprint density at radius 1 is 1.35 bits per heavy atom. The van der Waals surface area contributed by atoms with Gasteiger partial charge in [0.1, 0.15) is 5.82 Å². The van der Waals surface area contributed by atoms with Crippen LogP contribution in [0.3, 0.4) is 0 Å². The van der Waals surface area contributed by atoms with Gasteiger partial charge in [-0.25, -0.2) is 9.18 Å². The Labute approximate surface area is 116 Å². The topological polar surface area (TPSA) is 79.5 Å². The van der Waals surface area contributed by atoms with E-state index in [1.807, 2.05) is 0 Å². The van der Waals surface area contributed by atoms with Crippen LogP contribution in [0, 0.1) is 12.7 Å². The first-order valence-electron chi connectivity index (χ1n) is 6.09. The molecule has 0 fully saturated rings. The van der Waals surface area contributed by atoms with Crippen molar-refractivity contribution in [2.45, 2.75) is 6.92 Å². The van der Waals surface area contributed by atoms with Crippen LogP contribution in [0.4, 0.5) is 14.9 Å². The van der Waals surface area contributed by atoms with E-state index in [0.717, 1.165) is 5.56 Å². The number of rotatable bonds is 6. The third kappa shape index (κ3) is 5.66. The Kier molecular flexibility index (Phi) is 6.45. The third-order valence-corrected chi connectivity index (χ3v) is 2.41. The molecule has 1 aromatic rings. The minimum Gasteiger partial charge on any atom is -0.383 e. The summed E-state index contributed by atoms with van der Waals surface area (Å²) in [5, 5.41) is 7.17. The number of carbonyl (C=O) groups excluding carboxylic acids is 2. The van der Waals surface area contributed by atoms with Gasteiger partial charge < -0.3 is 15.4 Å². The van der Waals surface area contributed by atoms with E-state index in [-0.39, 0.29) is 12.2 Å². The summed E-state index contributed by atoms with van der Waals surface area (Å²) in [6.07, 6.45) is 0. The second-order valence-electron chi connectivity index (χ2n) is 4.13. The number of nitrogens with one attached hydrogen (secondary N) is 3. The number of hydrogen-bond donors (Lipinski definition) is 3. The van der Waals surface area contributed by atoms with Crippen LogP contribution in [0.5, 0.6) is 0 Å². The maximum absolute atomic E-state index is 13.5. The molecule has 0 unspecified atom stereocenters. The van der Waals surface area contributed by atoms with Crippen LogP contribution >= 0.6 is 0 Å². The molecule has 0 spiro atoms. The van der Waals surface area contributed by atoms with Gasteiger partial charge in [0.15, 0.2) is 0 Å². The van der Waals surface area contributed by atoms with E-state index >= 15 is 0 Å².